The number of rotatable bonds is 9. The lowest BCUT2D eigenvalue weighted by molar-refractivity contribution is -0.137. The molecule has 2 aromatic carbocycles. The average Bonchev–Trinajstić information content (AvgIpc) is 3.14. The zero-order valence-corrected chi connectivity index (χ0v) is 21.5. The summed E-state index contributed by atoms with van der Waals surface area (Å²) >= 11 is 0. The van der Waals surface area contributed by atoms with Crippen molar-refractivity contribution >= 4 is 27.3 Å². The molecule has 3 rings (SSSR count). The van der Waals surface area contributed by atoms with Gasteiger partial charge < -0.3 is 15.2 Å². The Morgan fingerprint density at radius 3 is 2.27 bits per heavy atom. The van der Waals surface area contributed by atoms with Gasteiger partial charge in [-0.25, -0.2) is 8.42 Å². The summed E-state index contributed by atoms with van der Waals surface area (Å²) < 4.78 is 66.2. The highest BCUT2D eigenvalue weighted by molar-refractivity contribution is 7.90. The van der Waals surface area contributed by atoms with E-state index in [0.717, 1.165) is 25.2 Å². The zero-order chi connectivity index (χ0) is 27.4. The second kappa shape index (κ2) is 11.2. The van der Waals surface area contributed by atoms with Crippen molar-refractivity contribution in [3.63, 3.8) is 0 Å². The Morgan fingerprint density at radius 2 is 1.68 bits per heavy atom. The molecule has 7 nitrogen and oxygen atoms in total. The van der Waals surface area contributed by atoms with Crippen LogP contribution in [0.15, 0.2) is 59.6 Å². The summed E-state index contributed by atoms with van der Waals surface area (Å²) in [4.78, 5) is 25.7. The van der Waals surface area contributed by atoms with Crippen LogP contribution in [0.2, 0.25) is 0 Å². The fourth-order valence-electron chi connectivity index (χ4n) is 3.91. The lowest BCUT2D eigenvalue weighted by Gasteiger charge is -2.16. The number of carbonyl (C=O) groups is 2. The van der Waals surface area contributed by atoms with E-state index >= 15 is 0 Å². The fourth-order valence-corrected chi connectivity index (χ4v) is 4.54. The first kappa shape index (κ1) is 28.0. The van der Waals surface area contributed by atoms with Crippen molar-refractivity contribution in [3.8, 4) is 11.3 Å². The number of anilines is 1. The van der Waals surface area contributed by atoms with Gasteiger partial charge in [-0.3, -0.25) is 9.59 Å². The maximum absolute atomic E-state index is 13.8. The normalized spacial score (nSPS) is 11.8. The van der Waals surface area contributed by atoms with Gasteiger partial charge in [-0.05, 0) is 49.2 Å². The molecule has 3 aromatic rings. The second-order valence-corrected chi connectivity index (χ2v) is 10.7. The Kier molecular flexibility index (Phi) is 8.47. The summed E-state index contributed by atoms with van der Waals surface area (Å²) in [6.45, 7) is 3.65. The van der Waals surface area contributed by atoms with Gasteiger partial charge in [-0.2, -0.15) is 13.2 Å². The van der Waals surface area contributed by atoms with E-state index in [4.69, 9.17) is 0 Å². The van der Waals surface area contributed by atoms with E-state index < -0.39 is 33.4 Å². The van der Waals surface area contributed by atoms with Gasteiger partial charge in [0.2, 0.25) is 5.91 Å². The summed E-state index contributed by atoms with van der Waals surface area (Å²) in [7, 11) is -3.42. The molecule has 0 saturated carbocycles. The zero-order valence-electron chi connectivity index (χ0n) is 20.6. The number of nitrogens with zero attached hydrogens (tertiary/aromatic N) is 1. The smallest absolute Gasteiger partial charge is 0.355 e. The van der Waals surface area contributed by atoms with Crippen molar-refractivity contribution in [2.24, 2.45) is 0 Å². The van der Waals surface area contributed by atoms with Crippen molar-refractivity contribution < 1.29 is 31.2 Å². The molecule has 0 bridgehead atoms. The van der Waals surface area contributed by atoms with Gasteiger partial charge in [-0.15, -0.1) is 0 Å². The molecular weight excluding hydrogens is 507 g/mol. The number of alkyl halides is 3. The van der Waals surface area contributed by atoms with Gasteiger partial charge in [0.05, 0.1) is 21.7 Å². The summed E-state index contributed by atoms with van der Waals surface area (Å²) in [5, 5.41) is 5.38. The van der Waals surface area contributed by atoms with Crippen LogP contribution in [-0.4, -0.2) is 37.6 Å². The van der Waals surface area contributed by atoms with Crippen molar-refractivity contribution in [1.82, 2.24) is 9.88 Å². The lowest BCUT2D eigenvalue weighted by atomic mass is 10.00. The van der Waals surface area contributed by atoms with E-state index in [1.165, 1.54) is 60.2 Å². The minimum atomic E-state index is -4.65. The van der Waals surface area contributed by atoms with E-state index in [1.54, 1.807) is 0 Å². The number of benzene rings is 2. The number of hydrogen-bond donors (Lipinski definition) is 2. The van der Waals surface area contributed by atoms with Crippen molar-refractivity contribution in [1.29, 1.82) is 0 Å². The monoisotopic (exact) mass is 535 g/mol. The molecule has 1 heterocycles. The summed E-state index contributed by atoms with van der Waals surface area (Å²) in [6, 6.07) is 10.5. The van der Waals surface area contributed by atoms with Gasteiger partial charge in [-0.1, -0.05) is 31.5 Å². The number of aromatic nitrogens is 1. The number of halogens is 3. The van der Waals surface area contributed by atoms with Crippen LogP contribution in [0.4, 0.5) is 18.9 Å². The van der Waals surface area contributed by atoms with Gasteiger partial charge in [0.15, 0.2) is 9.84 Å². The number of hydrogen-bond acceptors (Lipinski definition) is 4. The number of nitrogens with one attached hydrogen (secondary N) is 2. The van der Waals surface area contributed by atoms with Crippen LogP contribution in [0.3, 0.4) is 0 Å². The highest BCUT2D eigenvalue weighted by Crippen LogP contribution is 2.39. The largest absolute Gasteiger partial charge is 0.417 e. The van der Waals surface area contributed by atoms with Crippen LogP contribution in [-0.2, 0) is 27.4 Å². The first-order valence-corrected chi connectivity index (χ1v) is 13.5. The molecule has 11 heteroatoms. The highest BCUT2D eigenvalue weighted by atomic mass is 32.2. The molecule has 198 valence electrons. The molecule has 0 radical (unpaired) electrons. The van der Waals surface area contributed by atoms with Gasteiger partial charge in [0.25, 0.3) is 5.91 Å². The van der Waals surface area contributed by atoms with Crippen molar-refractivity contribution in [2.75, 3.05) is 18.1 Å². The molecule has 0 spiro atoms. The first-order valence-electron chi connectivity index (χ1n) is 11.6. The molecule has 0 aliphatic heterocycles. The Bertz CT molecular complexity index is 1400. The maximum atomic E-state index is 13.8. The van der Waals surface area contributed by atoms with Crippen LogP contribution in [0.5, 0.6) is 0 Å². The topological polar surface area (TPSA) is 97.3 Å². The number of amides is 2. The van der Waals surface area contributed by atoms with Crippen molar-refractivity contribution in [3.05, 3.63) is 71.4 Å². The molecule has 37 heavy (non-hydrogen) atoms. The van der Waals surface area contributed by atoms with E-state index in [1.807, 2.05) is 6.92 Å². The predicted octanol–water partition coefficient (Wildman–Crippen LogP) is 5.05. The average molecular weight is 536 g/mol. The third-order valence-electron chi connectivity index (χ3n) is 5.77. The molecule has 0 saturated heterocycles. The van der Waals surface area contributed by atoms with Crippen LogP contribution >= 0.6 is 0 Å². The minimum absolute atomic E-state index is 0.0768. The molecule has 0 aliphatic rings. The minimum Gasteiger partial charge on any atom is -0.355 e. The molecular formula is C26H28F3N3O4S. The van der Waals surface area contributed by atoms with Gasteiger partial charge in [0.1, 0.15) is 6.54 Å². The van der Waals surface area contributed by atoms with E-state index in [9.17, 15) is 31.2 Å². The third kappa shape index (κ3) is 6.79. The summed E-state index contributed by atoms with van der Waals surface area (Å²) in [5.74, 6) is -1.00. The SMILES string of the molecule is CCCCNC(=O)Cn1cc(C(=O)Nc2ccc(S(C)(=O)=O)cc2)c(C)c1-c1ccccc1C(F)(F)F. The quantitative estimate of drug-likeness (QED) is 0.375. The van der Waals surface area contributed by atoms with E-state index in [2.05, 4.69) is 10.6 Å². The Morgan fingerprint density at radius 1 is 1.03 bits per heavy atom. The van der Waals surface area contributed by atoms with Gasteiger partial charge in [0, 0.05) is 30.2 Å². The molecule has 1 aromatic heterocycles. The van der Waals surface area contributed by atoms with E-state index in [0.29, 0.717) is 12.2 Å². The van der Waals surface area contributed by atoms with Crippen LogP contribution in [0, 0.1) is 6.92 Å². The van der Waals surface area contributed by atoms with Crippen molar-refractivity contribution in [2.45, 2.75) is 44.3 Å². The Labute approximate surface area is 213 Å². The fraction of sp³-hybridized carbons (Fsp3) is 0.308. The molecule has 0 atom stereocenters. The Balaban J connectivity index is 2.02. The number of unbranched alkanes of at least 4 members (excludes halogenated alkanes) is 1. The molecule has 0 unspecified atom stereocenters. The van der Waals surface area contributed by atoms with Crippen LogP contribution in [0.25, 0.3) is 11.3 Å². The summed E-state index contributed by atoms with van der Waals surface area (Å²) in [5.41, 5.74) is -0.267. The molecule has 2 amide bonds. The molecule has 0 fully saturated rings. The maximum Gasteiger partial charge on any atom is 0.417 e. The molecule has 2 N–H and O–H groups in total. The summed E-state index contributed by atoms with van der Waals surface area (Å²) in [6.07, 6.45) is -0.608. The lowest BCUT2D eigenvalue weighted by Crippen LogP contribution is -2.28. The first-order chi connectivity index (χ1) is 17.3. The number of sulfone groups is 1. The standard InChI is InChI=1S/C26H28F3N3O4S/c1-4-5-14-30-23(33)16-32-15-21(25(34)31-18-10-12-19(13-11-18)37(3,35)36)17(2)24(32)20-8-6-7-9-22(20)26(27,28)29/h6-13,15H,4-5,14,16H2,1-3H3,(H,30,33)(H,31,34). The highest BCUT2D eigenvalue weighted by Gasteiger charge is 2.35. The Hall–Kier alpha value is -3.60. The third-order valence-corrected chi connectivity index (χ3v) is 6.90. The number of carbonyl (C=O) groups excluding carboxylic acids is 2. The van der Waals surface area contributed by atoms with Gasteiger partial charge >= 0.3 is 6.18 Å². The second-order valence-electron chi connectivity index (χ2n) is 8.64. The predicted molar refractivity (Wildman–Crippen MR) is 135 cm³/mol. The van der Waals surface area contributed by atoms with Crippen LogP contribution < -0.4 is 10.6 Å². The van der Waals surface area contributed by atoms with E-state index in [-0.39, 0.29) is 33.8 Å². The molecule has 0 aliphatic carbocycles. The van der Waals surface area contributed by atoms with Crippen LogP contribution in [0.1, 0.15) is 41.3 Å².